The summed E-state index contributed by atoms with van der Waals surface area (Å²) >= 11 is 0. The van der Waals surface area contributed by atoms with Crippen LogP contribution in [-0.2, 0) is 16.0 Å². The minimum atomic E-state index is -0.671. The van der Waals surface area contributed by atoms with Crippen LogP contribution in [0.2, 0.25) is 0 Å². The molecule has 5 heteroatoms. The standard InChI is InChI=1S/C12H15FN2O2/c1-8(12(14)17)15-11(16)7-4-9-2-5-10(13)6-3-9/h2-3,5-6,8H,4,7H2,1H3,(H2,14,17)(H,15,16). The first kappa shape index (κ1) is 13.2. The summed E-state index contributed by atoms with van der Waals surface area (Å²) in [6, 6.07) is 5.27. The van der Waals surface area contributed by atoms with Crippen molar-refractivity contribution in [3.63, 3.8) is 0 Å². The first-order valence-electron chi connectivity index (χ1n) is 5.32. The van der Waals surface area contributed by atoms with Crippen LogP contribution in [0.1, 0.15) is 18.9 Å². The Balaban J connectivity index is 2.38. The lowest BCUT2D eigenvalue weighted by molar-refractivity contribution is -0.126. The van der Waals surface area contributed by atoms with Gasteiger partial charge in [0.1, 0.15) is 11.9 Å². The number of nitrogens with two attached hydrogens (primary N) is 1. The molecule has 4 nitrogen and oxygen atoms in total. The summed E-state index contributed by atoms with van der Waals surface area (Å²) < 4.78 is 12.6. The van der Waals surface area contributed by atoms with Gasteiger partial charge in [-0.25, -0.2) is 4.39 Å². The monoisotopic (exact) mass is 238 g/mol. The SMILES string of the molecule is CC(NC(=O)CCc1ccc(F)cc1)C(N)=O. The molecule has 0 heterocycles. The van der Waals surface area contributed by atoms with E-state index in [2.05, 4.69) is 5.32 Å². The molecule has 2 amide bonds. The van der Waals surface area contributed by atoms with E-state index in [1.54, 1.807) is 12.1 Å². The fourth-order valence-corrected chi connectivity index (χ4v) is 1.29. The van der Waals surface area contributed by atoms with Crippen LogP contribution in [0.3, 0.4) is 0 Å². The lowest BCUT2D eigenvalue weighted by Crippen LogP contribution is -2.42. The molecule has 0 aromatic heterocycles. The third kappa shape index (κ3) is 4.63. The predicted octanol–water partition coefficient (Wildman–Crippen LogP) is 0.748. The first-order chi connectivity index (χ1) is 7.99. The number of aryl methyl sites for hydroxylation is 1. The van der Waals surface area contributed by atoms with Gasteiger partial charge >= 0.3 is 0 Å². The van der Waals surface area contributed by atoms with Crippen LogP contribution in [0, 0.1) is 5.82 Å². The minimum Gasteiger partial charge on any atom is -0.368 e. The van der Waals surface area contributed by atoms with Crippen LogP contribution in [-0.4, -0.2) is 17.9 Å². The second-order valence-electron chi connectivity index (χ2n) is 3.82. The van der Waals surface area contributed by atoms with Crippen LogP contribution in [0.5, 0.6) is 0 Å². The number of nitrogens with one attached hydrogen (secondary N) is 1. The van der Waals surface area contributed by atoms with Gasteiger partial charge in [0.2, 0.25) is 11.8 Å². The number of carbonyl (C=O) groups excluding carboxylic acids is 2. The normalized spacial score (nSPS) is 11.9. The summed E-state index contributed by atoms with van der Waals surface area (Å²) in [6.07, 6.45) is 0.737. The average molecular weight is 238 g/mol. The fourth-order valence-electron chi connectivity index (χ4n) is 1.29. The molecular weight excluding hydrogens is 223 g/mol. The molecule has 0 radical (unpaired) electrons. The summed E-state index contributed by atoms with van der Waals surface area (Å²) in [5, 5.41) is 2.47. The second-order valence-corrected chi connectivity index (χ2v) is 3.82. The van der Waals surface area contributed by atoms with Crippen LogP contribution >= 0.6 is 0 Å². The van der Waals surface area contributed by atoms with Crippen molar-refractivity contribution in [2.24, 2.45) is 5.73 Å². The summed E-state index contributed by atoms with van der Waals surface area (Å²) in [5.74, 6) is -1.12. The van der Waals surface area contributed by atoms with E-state index in [0.717, 1.165) is 5.56 Å². The lowest BCUT2D eigenvalue weighted by atomic mass is 10.1. The average Bonchev–Trinajstić information content (AvgIpc) is 2.28. The summed E-state index contributed by atoms with van der Waals surface area (Å²) in [4.78, 5) is 22.1. The van der Waals surface area contributed by atoms with E-state index in [1.807, 2.05) is 0 Å². The molecule has 1 unspecified atom stereocenters. The zero-order valence-corrected chi connectivity index (χ0v) is 9.57. The molecule has 0 saturated heterocycles. The molecule has 1 rings (SSSR count). The largest absolute Gasteiger partial charge is 0.368 e. The van der Waals surface area contributed by atoms with Crippen molar-refractivity contribution in [2.45, 2.75) is 25.8 Å². The number of carbonyl (C=O) groups is 2. The van der Waals surface area contributed by atoms with Gasteiger partial charge < -0.3 is 11.1 Å². The van der Waals surface area contributed by atoms with Gasteiger partial charge in [0.25, 0.3) is 0 Å². The Morgan fingerprint density at radius 3 is 2.47 bits per heavy atom. The molecule has 0 aliphatic carbocycles. The van der Waals surface area contributed by atoms with E-state index in [-0.39, 0.29) is 18.1 Å². The smallest absolute Gasteiger partial charge is 0.239 e. The van der Waals surface area contributed by atoms with Crippen molar-refractivity contribution in [1.82, 2.24) is 5.32 Å². The molecule has 0 aliphatic rings. The van der Waals surface area contributed by atoms with Crippen LogP contribution < -0.4 is 11.1 Å². The Kier molecular flexibility index (Phi) is 4.63. The van der Waals surface area contributed by atoms with Gasteiger partial charge in [-0.05, 0) is 31.0 Å². The molecule has 3 N–H and O–H groups in total. The van der Waals surface area contributed by atoms with Crippen molar-refractivity contribution >= 4 is 11.8 Å². The van der Waals surface area contributed by atoms with Gasteiger partial charge in [0, 0.05) is 6.42 Å². The third-order valence-electron chi connectivity index (χ3n) is 2.36. The minimum absolute atomic E-state index is 0.239. The van der Waals surface area contributed by atoms with Gasteiger partial charge in [0.15, 0.2) is 0 Å². The van der Waals surface area contributed by atoms with E-state index >= 15 is 0 Å². The van der Waals surface area contributed by atoms with Crippen LogP contribution in [0.15, 0.2) is 24.3 Å². The van der Waals surface area contributed by atoms with Crippen LogP contribution in [0.25, 0.3) is 0 Å². The second kappa shape index (κ2) is 5.98. The highest BCUT2D eigenvalue weighted by Gasteiger charge is 2.11. The van der Waals surface area contributed by atoms with Crippen molar-refractivity contribution in [1.29, 1.82) is 0 Å². The third-order valence-corrected chi connectivity index (χ3v) is 2.36. The maximum atomic E-state index is 12.6. The maximum absolute atomic E-state index is 12.6. The molecule has 1 atom stereocenters. The highest BCUT2D eigenvalue weighted by molar-refractivity contribution is 5.86. The Hall–Kier alpha value is -1.91. The van der Waals surface area contributed by atoms with Crippen molar-refractivity contribution in [3.05, 3.63) is 35.6 Å². The molecular formula is C12H15FN2O2. The number of benzene rings is 1. The van der Waals surface area contributed by atoms with Gasteiger partial charge in [-0.2, -0.15) is 0 Å². The van der Waals surface area contributed by atoms with Gasteiger partial charge in [-0.15, -0.1) is 0 Å². The number of rotatable bonds is 5. The number of halogens is 1. The van der Waals surface area contributed by atoms with Crippen molar-refractivity contribution < 1.29 is 14.0 Å². The zero-order valence-electron chi connectivity index (χ0n) is 9.57. The van der Waals surface area contributed by atoms with Crippen molar-refractivity contribution in [2.75, 3.05) is 0 Å². The Morgan fingerprint density at radius 2 is 1.94 bits per heavy atom. The molecule has 0 spiro atoms. The van der Waals surface area contributed by atoms with Gasteiger partial charge in [0.05, 0.1) is 0 Å². The van der Waals surface area contributed by atoms with E-state index in [1.165, 1.54) is 19.1 Å². The molecule has 92 valence electrons. The number of amides is 2. The highest BCUT2D eigenvalue weighted by Crippen LogP contribution is 2.05. The zero-order chi connectivity index (χ0) is 12.8. The molecule has 0 bridgehead atoms. The van der Waals surface area contributed by atoms with E-state index in [4.69, 9.17) is 5.73 Å². The van der Waals surface area contributed by atoms with E-state index in [0.29, 0.717) is 6.42 Å². The number of primary amides is 1. The van der Waals surface area contributed by atoms with Gasteiger partial charge in [-0.1, -0.05) is 12.1 Å². The number of hydrogen-bond acceptors (Lipinski definition) is 2. The Morgan fingerprint density at radius 1 is 1.35 bits per heavy atom. The topological polar surface area (TPSA) is 72.2 Å². The predicted molar refractivity (Wildman–Crippen MR) is 61.5 cm³/mol. The Bertz CT molecular complexity index is 403. The molecule has 1 aromatic rings. The molecule has 17 heavy (non-hydrogen) atoms. The number of hydrogen-bond donors (Lipinski definition) is 2. The molecule has 0 aliphatic heterocycles. The van der Waals surface area contributed by atoms with E-state index in [9.17, 15) is 14.0 Å². The lowest BCUT2D eigenvalue weighted by Gasteiger charge is -2.09. The fraction of sp³-hybridized carbons (Fsp3) is 0.333. The Labute approximate surface area is 99.0 Å². The summed E-state index contributed by atoms with van der Waals surface area (Å²) in [5.41, 5.74) is 5.88. The molecule has 0 fully saturated rings. The van der Waals surface area contributed by atoms with Crippen molar-refractivity contribution in [3.8, 4) is 0 Å². The summed E-state index contributed by atoms with van der Waals surface area (Å²) in [6.45, 7) is 1.53. The maximum Gasteiger partial charge on any atom is 0.239 e. The summed E-state index contributed by atoms with van der Waals surface area (Å²) in [7, 11) is 0. The highest BCUT2D eigenvalue weighted by atomic mass is 19.1. The van der Waals surface area contributed by atoms with Gasteiger partial charge in [-0.3, -0.25) is 9.59 Å². The molecule has 0 saturated carbocycles. The quantitative estimate of drug-likeness (QED) is 0.794. The van der Waals surface area contributed by atoms with Crippen LogP contribution in [0.4, 0.5) is 4.39 Å². The first-order valence-corrected chi connectivity index (χ1v) is 5.32. The van der Waals surface area contributed by atoms with E-state index < -0.39 is 11.9 Å². The molecule has 1 aromatic carbocycles.